The highest BCUT2D eigenvalue weighted by Gasteiger charge is 2.14. The van der Waals surface area contributed by atoms with Crippen molar-refractivity contribution in [2.75, 3.05) is 32.9 Å². The predicted molar refractivity (Wildman–Crippen MR) is 54.9 cm³/mol. The minimum atomic E-state index is -0.366. The summed E-state index contributed by atoms with van der Waals surface area (Å²) in [5.41, 5.74) is 0. The van der Waals surface area contributed by atoms with Crippen molar-refractivity contribution >= 4 is 18.5 Å². The van der Waals surface area contributed by atoms with Crippen LogP contribution >= 0.6 is 12.4 Å². The van der Waals surface area contributed by atoms with Gasteiger partial charge in [0.05, 0.1) is 19.3 Å². The van der Waals surface area contributed by atoms with Gasteiger partial charge >= 0.3 is 6.09 Å². The van der Waals surface area contributed by atoms with Crippen molar-refractivity contribution in [3.05, 3.63) is 0 Å². The zero-order valence-corrected chi connectivity index (χ0v) is 9.06. The third-order valence-electron chi connectivity index (χ3n) is 1.74. The summed E-state index contributed by atoms with van der Waals surface area (Å²) in [6.07, 6.45) is -0.366. The molecule has 1 heterocycles. The van der Waals surface area contributed by atoms with Gasteiger partial charge in [-0.25, -0.2) is 4.79 Å². The second kappa shape index (κ2) is 7.84. The molecule has 0 aliphatic carbocycles. The number of morpholine rings is 1. The molecule has 1 atom stereocenters. The quantitative estimate of drug-likeness (QED) is 0.716. The zero-order chi connectivity index (χ0) is 9.52. The van der Waals surface area contributed by atoms with Gasteiger partial charge in [-0.05, 0) is 6.92 Å². The van der Waals surface area contributed by atoms with Crippen LogP contribution in [0.5, 0.6) is 0 Å². The summed E-state index contributed by atoms with van der Waals surface area (Å²) in [5.74, 6) is 0. The lowest BCUT2D eigenvalue weighted by molar-refractivity contribution is 0.0468. The normalized spacial score (nSPS) is 20.8. The van der Waals surface area contributed by atoms with Crippen LogP contribution in [0.15, 0.2) is 0 Å². The molecule has 0 aromatic carbocycles. The lowest BCUT2D eigenvalue weighted by Crippen LogP contribution is -2.45. The summed E-state index contributed by atoms with van der Waals surface area (Å²) in [6, 6.07) is 0.136. The van der Waals surface area contributed by atoms with Gasteiger partial charge < -0.3 is 20.1 Å². The summed E-state index contributed by atoms with van der Waals surface area (Å²) >= 11 is 0. The van der Waals surface area contributed by atoms with Crippen LogP contribution in [0, 0.1) is 0 Å². The van der Waals surface area contributed by atoms with E-state index >= 15 is 0 Å². The Bertz CT molecular complexity index is 163. The number of hydrogen-bond donors (Lipinski definition) is 2. The Balaban J connectivity index is 0.00000169. The molecule has 1 fully saturated rings. The molecule has 1 amide bonds. The number of amides is 1. The van der Waals surface area contributed by atoms with Gasteiger partial charge in [-0.3, -0.25) is 0 Å². The van der Waals surface area contributed by atoms with Gasteiger partial charge in [-0.15, -0.1) is 12.4 Å². The molecule has 2 N–H and O–H groups in total. The maximum atomic E-state index is 10.9. The molecule has 6 heteroatoms. The number of nitrogens with one attached hydrogen (secondary N) is 2. The Kier molecular flexibility index (Phi) is 7.55. The Labute approximate surface area is 89.9 Å². The van der Waals surface area contributed by atoms with Crippen molar-refractivity contribution in [1.29, 1.82) is 0 Å². The number of alkyl carbamates (subject to hydrolysis) is 1. The van der Waals surface area contributed by atoms with Crippen LogP contribution in [0.2, 0.25) is 0 Å². The van der Waals surface area contributed by atoms with E-state index in [1.54, 1.807) is 0 Å². The molecule has 84 valence electrons. The molecule has 1 saturated heterocycles. The van der Waals surface area contributed by atoms with Crippen molar-refractivity contribution < 1.29 is 14.3 Å². The maximum absolute atomic E-state index is 10.9. The largest absolute Gasteiger partial charge is 0.448 e. The first kappa shape index (κ1) is 13.5. The summed E-state index contributed by atoms with van der Waals surface area (Å²) < 4.78 is 10.1. The summed E-state index contributed by atoms with van der Waals surface area (Å²) in [7, 11) is 0. The summed E-state index contributed by atoms with van der Waals surface area (Å²) in [4.78, 5) is 10.9. The second-order valence-electron chi connectivity index (χ2n) is 2.85. The van der Waals surface area contributed by atoms with Gasteiger partial charge in [0, 0.05) is 13.1 Å². The highest BCUT2D eigenvalue weighted by Crippen LogP contribution is 1.93. The van der Waals surface area contributed by atoms with Crippen molar-refractivity contribution in [3.8, 4) is 0 Å². The molecule has 1 aliphatic rings. The first-order valence-electron chi connectivity index (χ1n) is 4.54. The first-order chi connectivity index (χ1) is 6.33. The molecule has 0 aromatic heterocycles. The third-order valence-corrected chi connectivity index (χ3v) is 1.74. The third kappa shape index (κ3) is 5.26. The number of rotatable bonds is 3. The van der Waals surface area contributed by atoms with Gasteiger partial charge in [0.2, 0.25) is 0 Å². The summed E-state index contributed by atoms with van der Waals surface area (Å²) in [5, 5.41) is 5.74. The fraction of sp³-hybridized carbons (Fsp3) is 0.875. The monoisotopic (exact) mass is 224 g/mol. The van der Waals surface area contributed by atoms with Crippen LogP contribution in [-0.4, -0.2) is 45.0 Å². The van der Waals surface area contributed by atoms with E-state index in [2.05, 4.69) is 10.6 Å². The van der Waals surface area contributed by atoms with Crippen LogP contribution in [0.3, 0.4) is 0 Å². The molecule has 0 aromatic rings. The van der Waals surface area contributed by atoms with Crippen molar-refractivity contribution in [3.63, 3.8) is 0 Å². The molecular formula is C8H17ClN2O3. The SMILES string of the molecule is CCNC(=O)OC[C@H]1COCCN1.Cl. The number of ether oxygens (including phenoxy) is 2. The minimum absolute atomic E-state index is 0. The fourth-order valence-electron chi connectivity index (χ4n) is 1.10. The van der Waals surface area contributed by atoms with Gasteiger partial charge in [-0.1, -0.05) is 0 Å². The number of carbonyl (C=O) groups is 1. The molecule has 0 saturated carbocycles. The van der Waals surface area contributed by atoms with E-state index < -0.39 is 0 Å². The van der Waals surface area contributed by atoms with E-state index in [1.807, 2.05) is 6.92 Å². The Morgan fingerprint density at radius 2 is 2.50 bits per heavy atom. The average Bonchev–Trinajstić information content (AvgIpc) is 2.17. The molecule has 5 nitrogen and oxygen atoms in total. The van der Waals surface area contributed by atoms with E-state index in [4.69, 9.17) is 9.47 Å². The Morgan fingerprint density at radius 1 is 1.71 bits per heavy atom. The Morgan fingerprint density at radius 3 is 3.07 bits per heavy atom. The lowest BCUT2D eigenvalue weighted by atomic mass is 10.3. The number of hydrogen-bond acceptors (Lipinski definition) is 4. The molecule has 0 bridgehead atoms. The van der Waals surface area contributed by atoms with Crippen LogP contribution in [0.25, 0.3) is 0 Å². The van der Waals surface area contributed by atoms with Crippen LogP contribution in [0.1, 0.15) is 6.92 Å². The predicted octanol–water partition coefficient (Wildman–Crippen LogP) is 0.143. The molecular weight excluding hydrogens is 208 g/mol. The highest BCUT2D eigenvalue weighted by atomic mass is 35.5. The Hall–Kier alpha value is -0.520. The first-order valence-corrected chi connectivity index (χ1v) is 4.54. The van der Waals surface area contributed by atoms with Crippen LogP contribution in [0.4, 0.5) is 4.79 Å². The molecule has 1 aliphatic heterocycles. The number of halogens is 1. The lowest BCUT2D eigenvalue weighted by Gasteiger charge is -2.23. The van der Waals surface area contributed by atoms with Gasteiger partial charge in [0.25, 0.3) is 0 Å². The van der Waals surface area contributed by atoms with Crippen molar-refractivity contribution in [1.82, 2.24) is 10.6 Å². The van der Waals surface area contributed by atoms with E-state index in [1.165, 1.54) is 0 Å². The average molecular weight is 225 g/mol. The molecule has 14 heavy (non-hydrogen) atoms. The van der Waals surface area contributed by atoms with Crippen molar-refractivity contribution in [2.45, 2.75) is 13.0 Å². The minimum Gasteiger partial charge on any atom is -0.448 e. The van der Waals surface area contributed by atoms with Crippen LogP contribution in [-0.2, 0) is 9.47 Å². The van der Waals surface area contributed by atoms with E-state index in [0.29, 0.717) is 19.8 Å². The molecule has 0 unspecified atom stereocenters. The van der Waals surface area contributed by atoms with Gasteiger partial charge in [-0.2, -0.15) is 0 Å². The van der Waals surface area contributed by atoms with E-state index in [9.17, 15) is 4.79 Å². The van der Waals surface area contributed by atoms with Crippen molar-refractivity contribution in [2.24, 2.45) is 0 Å². The smallest absolute Gasteiger partial charge is 0.407 e. The fourth-order valence-corrected chi connectivity index (χ4v) is 1.10. The van der Waals surface area contributed by atoms with E-state index in [0.717, 1.165) is 13.2 Å². The standard InChI is InChI=1S/C8H16N2O3.ClH/c1-2-9-8(11)13-6-7-5-12-4-3-10-7;/h7,10H,2-6H2,1H3,(H,9,11);1H/t7-;/m1./s1. The second-order valence-corrected chi connectivity index (χ2v) is 2.85. The van der Waals surface area contributed by atoms with E-state index in [-0.39, 0.29) is 24.5 Å². The van der Waals surface area contributed by atoms with Gasteiger partial charge in [0.15, 0.2) is 0 Å². The molecule has 0 radical (unpaired) electrons. The maximum Gasteiger partial charge on any atom is 0.407 e. The zero-order valence-electron chi connectivity index (χ0n) is 8.25. The van der Waals surface area contributed by atoms with Crippen LogP contribution < -0.4 is 10.6 Å². The topological polar surface area (TPSA) is 59.6 Å². The molecule has 1 rings (SSSR count). The molecule has 0 spiro atoms. The van der Waals surface area contributed by atoms with Gasteiger partial charge in [0.1, 0.15) is 6.61 Å². The summed E-state index contributed by atoms with van der Waals surface area (Å²) in [6.45, 7) is 4.98. The number of carbonyl (C=O) groups excluding carboxylic acids is 1. The highest BCUT2D eigenvalue weighted by molar-refractivity contribution is 5.85.